The van der Waals surface area contributed by atoms with Gasteiger partial charge in [-0.05, 0) is 80.7 Å². The van der Waals surface area contributed by atoms with E-state index in [1.165, 1.54) is 49.7 Å². The van der Waals surface area contributed by atoms with Crippen molar-refractivity contribution in [2.75, 3.05) is 7.05 Å². The van der Waals surface area contributed by atoms with Gasteiger partial charge in [0.1, 0.15) is 11.9 Å². The van der Waals surface area contributed by atoms with E-state index in [0.717, 1.165) is 11.7 Å². The van der Waals surface area contributed by atoms with Gasteiger partial charge < -0.3 is 10.1 Å². The van der Waals surface area contributed by atoms with Crippen LogP contribution in [-0.4, -0.2) is 19.2 Å². The fourth-order valence-electron chi connectivity index (χ4n) is 4.25. The molecule has 1 saturated carbocycles. The maximum absolute atomic E-state index is 6.42. The minimum Gasteiger partial charge on any atom is -0.489 e. The number of ether oxygens (including phenoxy) is 1. The summed E-state index contributed by atoms with van der Waals surface area (Å²) in [7, 11) is 2.07. The van der Waals surface area contributed by atoms with Gasteiger partial charge in [-0.25, -0.2) is 0 Å². The van der Waals surface area contributed by atoms with Gasteiger partial charge in [-0.1, -0.05) is 19.9 Å². The van der Waals surface area contributed by atoms with E-state index >= 15 is 0 Å². The summed E-state index contributed by atoms with van der Waals surface area (Å²) in [5.74, 6) is 2.48. The van der Waals surface area contributed by atoms with Crippen LogP contribution in [0.3, 0.4) is 0 Å². The SMILES string of the molecule is CNC1CC(C)CC(C)C1Oc1ccc2c(c1)CCCC2. The van der Waals surface area contributed by atoms with Crippen LogP contribution in [0.4, 0.5) is 0 Å². The Kier molecular flexibility index (Phi) is 4.54. The Morgan fingerprint density at radius 2 is 1.81 bits per heavy atom. The minimum absolute atomic E-state index is 0.299. The quantitative estimate of drug-likeness (QED) is 0.908. The van der Waals surface area contributed by atoms with E-state index in [1.54, 1.807) is 0 Å². The van der Waals surface area contributed by atoms with Crippen LogP contribution in [0.25, 0.3) is 0 Å². The number of likely N-dealkylation sites (N-methyl/N-ethyl adjacent to an activating group) is 1. The van der Waals surface area contributed by atoms with Crippen LogP contribution in [0, 0.1) is 11.8 Å². The van der Waals surface area contributed by atoms with Crippen molar-refractivity contribution >= 4 is 0 Å². The molecule has 2 aliphatic carbocycles. The van der Waals surface area contributed by atoms with E-state index in [9.17, 15) is 0 Å². The van der Waals surface area contributed by atoms with Crippen molar-refractivity contribution < 1.29 is 4.74 Å². The van der Waals surface area contributed by atoms with Crippen molar-refractivity contribution in [3.05, 3.63) is 29.3 Å². The number of benzene rings is 1. The second kappa shape index (κ2) is 6.39. The molecule has 0 radical (unpaired) electrons. The molecule has 21 heavy (non-hydrogen) atoms. The zero-order valence-electron chi connectivity index (χ0n) is 13.7. The number of hydrogen-bond donors (Lipinski definition) is 1. The summed E-state index contributed by atoms with van der Waals surface area (Å²) in [6.07, 6.45) is 7.92. The van der Waals surface area contributed by atoms with Crippen LogP contribution in [0.5, 0.6) is 5.75 Å². The molecular weight excluding hydrogens is 258 g/mol. The Morgan fingerprint density at radius 3 is 2.57 bits per heavy atom. The summed E-state index contributed by atoms with van der Waals surface area (Å²) in [5, 5.41) is 3.47. The molecule has 4 atom stereocenters. The van der Waals surface area contributed by atoms with Crippen LogP contribution < -0.4 is 10.1 Å². The predicted octanol–water partition coefficient (Wildman–Crippen LogP) is 3.97. The number of fused-ring (bicyclic) bond motifs is 1. The van der Waals surface area contributed by atoms with Crippen molar-refractivity contribution in [3.8, 4) is 5.75 Å². The van der Waals surface area contributed by atoms with E-state index in [0.29, 0.717) is 18.1 Å². The first-order valence-corrected chi connectivity index (χ1v) is 8.63. The summed E-state index contributed by atoms with van der Waals surface area (Å²) in [6, 6.07) is 7.24. The minimum atomic E-state index is 0.299. The van der Waals surface area contributed by atoms with Crippen molar-refractivity contribution in [2.24, 2.45) is 11.8 Å². The number of rotatable bonds is 3. The van der Waals surface area contributed by atoms with Crippen LogP contribution in [0.2, 0.25) is 0 Å². The topological polar surface area (TPSA) is 21.3 Å². The van der Waals surface area contributed by atoms with Crippen LogP contribution in [-0.2, 0) is 12.8 Å². The Balaban J connectivity index is 1.75. The molecule has 0 heterocycles. The maximum Gasteiger partial charge on any atom is 0.120 e. The van der Waals surface area contributed by atoms with Crippen molar-refractivity contribution in [3.63, 3.8) is 0 Å². The van der Waals surface area contributed by atoms with Crippen molar-refractivity contribution in [1.82, 2.24) is 5.32 Å². The van der Waals surface area contributed by atoms with Crippen LogP contribution >= 0.6 is 0 Å². The van der Waals surface area contributed by atoms with Gasteiger partial charge in [0.05, 0.1) is 0 Å². The van der Waals surface area contributed by atoms with E-state index in [-0.39, 0.29) is 0 Å². The van der Waals surface area contributed by atoms with E-state index in [4.69, 9.17) is 4.74 Å². The lowest BCUT2D eigenvalue weighted by Crippen LogP contribution is -2.49. The van der Waals surface area contributed by atoms with Gasteiger partial charge in [0.2, 0.25) is 0 Å². The number of hydrogen-bond acceptors (Lipinski definition) is 2. The van der Waals surface area contributed by atoms with E-state index in [2.05, 4.69) is 44.4 Å². The fraction of sp³-hybridized carbons (Fsp3) is 0.684. The molecule has 4 unspecified atom stereocenters. The normalized spacial score (nSPS) is 32.5. The molecule has 0 spiro atoms. The molecule has 2 heteroatoms. The molecule has 1 aromatic carbocycles. The van der Waals surface area contributed by atoms with Gasteiger partial charge in [-0.2, -0.15) is 0 Å². The molecule has 0 saturated heterocycles. The third-order valence-corrected chi connectivity index (χ3v) is 5.35. The van der Waals surface area contributed by atoms with Crippen LogP contribution in [0.1, 0.15) is 50.7 Å². The highest BCUT2D eigenvalue weighted by atomic mass is 16.5. The lowest BCUT2D eigenvalue weighted by Gasteiger charge is -2.39. The Labute approximate surface area is 129 Å². The molecule has 0 bridgehead atoms. The van der Waals surface area contributed by atoms with Gasteiger partial charge in [0, 0.05) is 6.04 Å². The van der Waals surface area contributed by atoms with E-state index < -0.39 is 0 Å². The Bertz CT molecular complexity index is 484. The zero-order chi connectivity index (χ0) is 14.8. The Morgan fingerprint density at radius 1 is 1.05 bits per heavy atom. The average molecular weight is 287 g/mol. The Hall–Kier alpha value is -1.02. The number of aryl methyl sites for hydroxylation is 2. The van der Waals surface area contributed by atoms with Gasteiger partial charge in [0.15, 0.2) is 0 Å². The van der Waals surface area contributed by atoms with Crippen molar-refractivity contribution in [2.45, 2.75) is 64.5 Å². The largest absolute Gasteiger partial charge is 0.489 e. The summed E-state index contributed by atoms with van der Waals surface area (Å²) in [4.78, 5) is 0. The second-order valence-electron chi connectivity index (χ2n) is 7.17. The summed E-state index contributed by atoms with van der Waals surface area (Å²) in [5.41, 5.74) is 3.04. The molecular formula is C19H29NO. The molecule has 1 aromatic rings. The predicted molar refractivity (Wildman–Crippen MR) is 87.9 cm³/mol. The molecule has 0 aromatic heterocycles. The first-order valence-electron chi connectivity index (χ1n) is 8.63. The first-order chi connectivity index (χ1) is 10.2. The third-order valence-electron chi connectivity index (χ3n) is 5.35. The fourth-order valence-corrected chi connectivity index (χ4v) is 4.25. The summed E-state index contributed by atoms with van der Waals surface area (Å²) in [6.45, 7) is 4.69. The number of nitrogens with one attached hydrogen (secondary N) is 1. The molecule has 2 aliphatic rings. The van der Waals surface area contributed by atoms with Gasteiger partial charge in [0.25, 0.3) is 0 Å². The van der Waals surface area contributed by atoms with Crippen LogP contribution in [0.15, 0.2) is 18.2 Å². The molecule has 2 nitrogen and oxygen atoms in total. The summed E-state index contributed by atoms with van der Waals surface area (Å²) < 4.78 is 6.42. The molecule has 3 rings (SSSR count). The molecule has 0 amide bonds. The maximum atomic E-state index is 6.42. The lowest BCUT2D eigenvalue weighted by atomic mass is 9.78. The lowest BCUT2D eigenvalue weighted by molar-refractivity contribution is 0.0506. The third kappa shape index (κ3) is 3.26. The standard InChI is InChI=1S/C19H29NO/c1-13-10-14(2)19(18(11-13)20-3)21-17-9-8-15-6-4-5-7-16(15)12-17/h8-9,12-14,18-20H,4-7,10-11H2,1-3H3. The smallest absolute Gasteiger partial charge is 0.120 e. The van der Waals surface area contributed by atoms with Crippen molar-refractivity contribution in [1.29, 1.82) is 0 Å². The van der Waals surface area contributed by atoms with Gasteiger partial charge >= 0.3 is 0 Å². The first kappa shape index (κ1) is 14.9. The summed E-state index contributed by atoms with van der Waals surface area (Å²) >= 11 is 0. The van der Waals surface area contributed by atoms with E-state index in [1.807, 2.05) is 0 Å². The second-order valence-corrected chi connectivity index (χ2v) is 7.17. The highest BCUT2D eigenvalue weighted by molar-refractivity contribution is 5.37. The highest BCUT2D eigenvalue weighted by Crippen LogP contribution is 2.33. The molecule has 1 N–H and O–H groups in total. The average Bonchev–Trinajstić information content (AvgIpc) is 2.49. The molecule has 0 aliphatic heterocycles. The van der Waals surface area contributed by atoms with Gasteiger partial charge in [-0.3, -0.25) is 0 Å². The van der Waals surface area contributed by atoms with Gasteiger partial charge in [-0.15, -0.1) is 0 Å². The monoisotopic (exact) mass is 287 g/mol. The molecule has 116 valence electrons. The zero-order valence-corrected chi connectivity index (χ0v) is 13.7. The molecule has 1 fully saturated rings. The highest BCUT2D eigenvalue weighted by Gasteiger charge is 2.34.